The molecule has 0 aromatic heterocycles. The summed E-state index contributed by atoms with van der Waals surface area (Å²) in [6.45, 7) is 3.64. The van der Waals surface area contributed by atoms with Crippen LogP contribution in [-0.2, 0) is 9.59 Å². The summed E-state index contributed by atoms with van der Waals surface area (Å²) in [5, 5.41) is 11.6. The highest BCUT2D eigenvalue weighted by Crippen LogP contribution is 2.28. The molecule has 1 aliphatic rings. The maximum absolute atomic E-state index is 11.7. The monoisotopic (exact) mass is 253 g/mol. The van der Waals surface area contributed by atoms with Crippen LogP contribution in [0.25, 0.3) is 0 Å². The zero-order valence-electron chi connectivity index (χ0n) is 11.3. The van der Waals surface area contributed by atoms with E-state index in [-0.39, 0.29) is 11.5 Å². The molecule has 0 radical (unpaired) electrons. The predicted molar refractivity (Wildman–Crippen MR) is 70.2 cm³/mol. The molecule has 1 fully saturated rings. The Morgan fingerprint density at radius 1 is 1.17 bits per heavy atom. The molecular weight excluding hydrogens is 230 g/mol. The molecule has 0 atom stereocenters. The van der Waals surface area contributed by atoms with E-state index in [9.17, 15) is 9.59 Å². The highest BCUT2D eigenvalue weighted by Gasteiger charge is 2.15. The zero-order valence-corrected chi connectivity index (χ0v) is 11.3. The smallest absolute Gasteiger partial charge is 0.331 e. The van der Waals surface area contributed by atoms with Crippen molar-refractivity contribution in [1.82, 2.24) is 5.32 Å². The molecule has 0 aromatic carbocycles. The van der Waals surface area contributed by atoms with Crippen LogP contribution in [-0.4, -0.2) is 23.5 Å². The van der Waals surface area contributed by atoms with Crippen molar-refractivity contribution in [3.8, 4) is 0 Å². The summed E-state index contributed by atoms with van der Waals surface area (Å²) in [4.78, 5) is 22.4. The van der Waals surface area contributed by atoms with Gasteiger partial charge in [0.2, 0.25) is 5.91 Å². The van der Waals surface area contributed by atoms with E-state index in [0.717, 1.165) is 12.3 Å². The molecule has 4 heteroatoms. The Morgan fingerprint density at radius 3 is 2.33 bits per heavy atom. The summed E-state index contributed by atoms with van der Waals surface area (Å²) in [5.41, 5.74) is 0.409. The molecule has 0 aromatic rings. The molecule has 1 rings (SSSR count). The molecular formula is C14H23NO3. The standard InChI is InChI=1S/C14H23NO3/c1-10(11(2)14(17)18)13(16)15-9-5-8-12-6-3-4-7-12/h12H,3-9H2,1-2H3,(H,15,16)(H,17,18). The van der Waals surface area contributed by atoms with Crippen LogP contribution >= 0.6 is 0 Å². The van der Waals surface area contributed by atoms with Gasteiger partial charge >= 0.3 is 5.97 Å². The van der Waals surface area contributed by atoms with Crippen LogP contribution in [0.2, 0.25) is 0 Å². The average Bonchev–Trinajstić information content (AvgIpc) is 2.85. The molecule has 0 aliphatic heterocycles. The molecule has 1 saturated carbocycles. The van der Waals surface area contributed by atoms with Gasteiger partial charge in [-0.25, -0.2) is 4.79 Å². The average molecular weight is 253 g/mol. The van der Waals surface area contributed by atoms with Gasteiger partial charge in [-0.05, 0) is 32.6 Å². The molecule has 102 valence electrons. The van der Waals surface area contributed by atoms with E-state index in [1.807, 2.05) is 0 Å². The van der Waals surface area contributed by atoms with Crippen molar-refractivity contribution in [2.45, 2.75) is 52.4 Å². The SMILES string of the molecule is CC(C(=O)O)=C(C)C(=O)NCCCC1CCCC1. The topological polar surface area (TPSA) is 66.4 Å². The van der Waals surface area contributed by atoms with Crippen molar-refractivity contribution in [3.63, 3.8) is 0 Å². The van der Waals surface area contributed by atoms with Gasteiger partial charge in [-0.1, -0.05) is 25.7 Å². The first kappa shape index (κ1) is 14.7. The Bertz CT molecular complexity index is 341. The predicted octanol–water partition coefficient (Wildman–Crippen LogP) is 2.49. The highest BCUT2D eigenvalue weighted by molar-refractivity contribution is 6.01. The summed E-state index contributed by atoms with van der Waals surface area (Å²) < 4.78 is 0. The highest BCUT2D eigenvalue weighted by atomic mass is 16.4. The minimum Gasteiger partial charge on any atom is -0.478 e. The van der Waals surface area contributed by atoms with E-state index in [4.69, 9.17) is 5.11 Å². The van der Waals surface area contributed by atoms with E-state index in [1.54, 1.807) is 6.92 Å². The number of hydrogen-bond donors (Lipinski definition) is 2. The van der Waals surface area contributed by atoms with Crippen LogP contribution in [0, 0.1) is 5.92 Å². The largest absolute Gasteiger partial charge is 0.478 e. The molecule has 0 saturated heterocycles. The number of hydrogen-bond acceptors (Lipinski definition) is 2. The molecule has 0 unspecified atom stereocenters. The lowest BCUT2D eigenvalue weighted by atomic mass is 10.0. The molecule has 1 aliphatic carbocycles. The van der Waals surface area contributed by atoms with Crippen LogP contribution in [0.3, 0.4) is 0 Å². The fraction of sp³-hybridized carbons (Fsp3) is 0.714. The second-order valence-electron chi connectivity index (χ2n) is 5.10. The maximum atomic E-state index is 11.7. The first-order valence-electron chi connectivity index (χ1n) is 6.71. The maximum Gasteiger partial charge on any atom is 0.331 e. The quantitative estimate of drug-likeness (QED) is 0.564. The van der Waals surface area contributed by atoms with Gasteiger partial charge in [0, 0.05) is 17.7 Å². The van der Waals surface area contributed by atoms with Crippen LogP contribution in [0.4, 0.5) is 0 Å². The summed E-state index contributed by atoms with van der Waals surface area (Å²) in [6, 6.07) is 0. The van der Waals surface area contributed by atoms with Gasteiger partial charge in [-0.2, -0.15) is 0 Å². The molecule has 0 spiro atoms. The van der Waals surface area contributed by atoms with Crippen molar-refractivity contribution in [3.05, 3.63) is 11.1 Å². The minimum atomic E-state index is -1.03. The summed E-state index contributed by atoms with van der Waals surface area (Å²) in [6.07, 6.45) is 7.49. The lowest BCUT2D eigenvalue weighted by molar-refractivity contribution is -0.133. The number of carbonyl (C=O) groups is 2. The van der Waals surface area contributed by atoms with E-state index >= 15 is 0 Å². The van der Waals surface area contributed by atoms with Gasteiger partial charge in [0.15, 0.2) is 0 Å². The van der Waals surface area contributed by atoms with Crippen LogP contribution < -0.4 is 5.32 Å². The van der Waals surface area contributed by atoms with Crippen molar-refractivity contribution < 1.29 is 14.7 Å². The lowest BCUT2D eigenvalue weighted by Crippen LogP contribution is -2.26. The summed E-state index contributed by atoms with van der Waals surface area (Å²) in [7, 11) is 0. The van der Waals surface area contributed by atoms with E-state index in [2.05, 4.69) is 5.32 Å². The van der Waals surface area contributed by atoms with E-state index in [1.165, 1.54) is 39.0 Å². The summed E-state index contributed by atoms with van der Waals surface area (Å²) in [5.74, 6) is -0.464. The Hall–Kier alpha value is -1.32. The molecule has 1 amide bonds. The lowest BCUT2D eigenvalue weighted by Gasteiger charge is -2.10. The van der Waals surface area contributed by atoms with Gasteiger partial charge in [0.05, 0.1) is 0 Å². The van der Waals surface area contributed by atoms with Crippen LogP contribution in [0.15, 0.2) is 11.1 Å². The van der Waals surface area contributed by atoms with E-state index in [0.29, 0.717) is 12.1 Å². The molecule has 2 N–H and O–H groups in total. The minimum absolute atomic E-state index is 0.114. The number of carbonyl (C=O) groups excluding carboxylic acids is 1. The summed E-state index contributed by atoms with van der Waals surface area (Å²) >= 11 is 0. The molecule has 4 nitrogen and oxygen atoms in total. The number of aliphatic carboxylic acids is 1. The zero-order chi connectivity index (χ0) is 13.5. The third-order valence-corrected chi connectivity index (χ3v) is 3.77. The van der Waals surface area contributed by atoms with Gasteiger partial charge in [-0.15, -0.1) is 0 Å². The first-order valence-corrected chi connectivity index (χ1v) is 6.71. The Balaban J connectivity index is 2.24. The fourth-order valence-corrected chi connectivity index (χ4v) is 2.35. The van der Waals surface area contributed by atoms with Crippen molar-refractivity contribution in [1.29, 1.82) is 0 Å². The van der Waals surface area contributed by atoms with Gasteiger partial charge in [-0.3, -0.25) is 4.79 Å². The van der Waals surface area contributed by atoms with Crippen molar-refractivity contribution >= 4 is 11.9 Å². The number of nitrogens with one attached hydrogen (secondary N) is 1. The van der Waals surface area contributed by atoms with Crippen LogP contribution in [0.5, 0.6) is 0 Å². The van der Waals surface area contributed by atoms with Gasteiger partial charge in [0.25, 0.3) is 0 Å². The Kier molecular flexibility index (Phi) is 5.89. The second kappa shape index (κ2) is 7.19. The van der Waals surface area contributed by atoms with Crippen molar-refractivity contribution in [2.24, 2.45) is 5.92 Å². The molecule has 18 heavy (non-hydrogen) atoms. The number of amides is 1. The van der Waals surface area contributed by atoms with Gasteiger partial charge in [0.1, 0.15) is 0 Å². The molecule has 0 bridgehead atoms. The van der Waals surface area contributed by atoms with E-state index < -0.39 is 5.97 Å². The Morgan fingerprint density at radius 2 is 1.78 bits per heavy atom. The number of rotatable bonds is 6. The number of carboxylic acid groups (broad SMARTS) is 1. The third kappa shape index (κ3) is 4.51. The van der Waals surface area contributed by atoms with Crippen LogP contribution in [0.1, 0.15) is 52.4 Å². The normalized spacial score (nSPS) is 17.4. The fourth-order valence-electron chi connectivity index (χ4n) is 2.35. The number of carboxylic acids is 1. The second-order valence-corrected chi connectivity index (χ2v) is 5.10. The van der Waals surface area contributed by atoms with Crippen molar-refractivity contribution in [2.75, 3.05) is 6.54 Å². The Labute approximate surface area is 108 Å². The third-order valence-electron chi connectivity index (χ3n) is 3.77. The first-order chi connectivity index (χ1) is 8.52. The molecule has 0 heterocycles. The van der Waals surface area contributed by atoms with Gasteiger partial charge < -0.3 is 10.4 Å².